The second-order valence-electron chi connectivity index (χ2n) is 5.01. The summed E-state index contributed by atoms with van der Waals surface area (Å²) < 4.78 is 0. The smallest absolute Gasteiger partial charge is 0.310 e. The van der Waals surface area contributed by atoms with Gasteiger partial charge in [0, 0.05) is 12.1 Å². The Morgan fingerprint density at radius 2 is 1.80 bits per heavy atom. The van der Waals surface area contributed by atoms with Crippen LogP contribution in [-0.2, 0) is 4.79 Å². The first-order valence-corrected chi connectivity index (χ1v) is 5.30. The number of carboxylic acid groups (broad SMARTS) is 1. The zero-order chi connectivity index (χ0) is 12.3. The van der Waals surface area contributed by atoms with Crippen LogP contribution in [0, 0.1) is 5.41 Å². The molecule has 0 aromatic carbocycles. The molecule has 0 radical (unpaired) electrons. The average molecular weight is 213 g/mol. The highest BCUT2D eigenvalue weighted by molar-refractivity contribution is 5.75. The van der Waals surface area contributed by atoms with Crippen LogP contribution in [0.3, 0.4) is 0 Å². The maximum atomic E-state index is 11.1. The fraction of sp³-hybridized carbons (Fsp3) is 0.750. The highest BCUT2D eigenvalue weighted by Crippen LogP contribution is 2.30. The van der Waals surface area contributed by atoms with Crippen LogP contribution in [0.4, 0.5) is 0 Å². The normalized spacial score (nSPS) is 12.6. The number of carboxylic acids is 1. The summed E-state index contributed by atoms with van der Waals surface area (Å²) in [4.78, 5) is 11.1. The molecule has 0 fully saturated rings. The second-order valence-corrected chi connectivity index (χ2v) is 5.01. The molecule has 0 bridgehead atoms. The van der Waals surface area contributed by atoms with E-state index >= 15 is 0 Å². The van der Waals surface area contributed by atoms with E-state index in [4.69, 9.17) is 5.11 Å². The standard InChI is InChI=1S/C12H23NO2/c1-7-9(2)8-13-12(5,6)11(3,4)10(14)15/h13H,2,7-8H2,1,3-6H3,(H,14,15). The number of aliphatic carboxylic acids is 1. The molecule has 0 aromatic rings. The third-order valence-corrected chi connectivity index (χ3v) is 3.38. The van der Waals surface area contributed by atoms with Gasteiger partial charge in [-0.15, -0.1) is 0 Å². The van der Waals surface area contributed by atoms with Gasteiger partial charge in [0.1, 0.15) is 0 Å². The van der Waals surface area contributed by atoms with Crippen molar-refractivity contribution in [2.45, 2.75) is 46.6 Å². The lowest BCUT2D eigenvalue weighted by molar-refractivity contribution is -0.151. The molecule has 0 unspecified atom stereocenters. The van der Waals surface area contributed by atoms with Crippen molar-refractivity contribution >= 4 is 5.97 Å². The summed E-state index contributed by atoms with van der Waals surface area (Å²) in [6, 6.07) is 0. The van der Waals surface area contributed by atoms with E-state index in [1.165, 1.54) is 0 Å². The van der Waals surface area contributed by atoms with Gasteiger partial charge in [-0.2, -0.15) is 0 Å². The van der Waals surface area contributed by atoms with Crippen LogP contribution in [0.1, 0.15) is 41.0 Å². The van der Waals surface area contributed by atoms with Crippen LogP contribution in [0.5, 0.6) is 0 Å². The third-order valence-electron chi connectivity index (χ3n) is 3.38. The van der Waals surface area contributed by atoms with E-state index in [9.17, 15) is 4.79 Å². The van der Waals surface area contributed by atoms with Crippen LogP contribution >= 0.6 is 0 Å². The maximum Gasteiger partial charge on any atom is 0.310 e. The summed E-state index contributed by atoms with van der Waals surface area (Å²) in [5.74, 6) is -0.790. The molecule has 0 aliphatic rings. The molecule has 0 aromatic heterocycles. The molecule has 0 saturated heterocycles. The van der Waals surface area contributed by atoms with Gasteiger partial charge < -0.3 is 10.4 Å². The minimum absolute atomic E-state index is 0.461. The van der Waals surface area contributed by atoms with Crippen molar-refractivity contribution in [3.05, 3.63) is 12.2 Å². The van der Waals surface area contributed by atoms with Crippen LogP contribution in [0.2, 0.25) is 0 Å². The molecule has 0 atom stereocenters. The molecule has 2 N–H and O–H groups in total. The lowest BCUT2D eigenvalue weighted by atomic mass is 9.74. The quantitative estimate of drug-likeness (QED) is 0.666. The van der Waals surface area contributed by atoms with Gasteiger partial charge in [-0.25, -0.2) is 0 Å². The van der Waals surface area contributed by atoms with Gasteiger partial charge >= 0.3 is 5.97 Å². The van der Waals surface area contributed by atoms with Crippen LogP contribution < -0.4 is 5.32 Å². The predicted octanol–water partition coefficient (Wildman–Crippen LogP) is 2.43. The molecular formula is C12H23NO2. The average Bonchev–Trinajstić information content (AvgIpc) is 2.13. The number of hydrogen-bond acceptors (Lipinski definition) is 2. The van der Waals surface area contributed by atoms with Gasteiger partial charge in [0.15, 0.2) is 0 Å². The van der Waals surface area contributed by atoms with Crippen molar-refractivity contribution < 1.29 is 9.90 Å². The van der Waals surface area contributed by atoms with Gasteiger partial charge in [0.05, 0.1) is 5.41 Å². The fourth-order valence-corrected chi connectivity index (χ4v) is 0.959. The topological polar surface area (TPSA) is 49.3 Å². The minimum Gasteiger partial charge on any atom is -0.481 e. The molecule has 0 saturated carbocycles. The Bertz CT molecular complexity index is 254. The van der Waals surface area contributed by atoms with Crippen LogP contribution in [-0.4, -0.2) is 23.2 Å². The summed E-state index contributed by atoms with van der Waals surface area (Å²) in [6.45, 7) is 13.9. The molecule has 0 heterocycles. The molecule has 3 heteroatoms. The molecule has 0 aliphatic heterocycles. The molecule has 0 spiro atoms. The summed E-state index contributed by atoms with van der Waals surface area (Å²) in [6.07, 6.45) is 0.913. The number of carbonyl (C=O) groups is 1. The van der Waals surface area contributed by atoms with E-state index in [1.807, 2.05) is 20.8 Å². The third kappa shape index (κ3) is 3.34. The predicted molar refractivity (Wildman–Crippen MR) is 62.9 cm³/mol. The van der Waals surface area contributed by atoms with E-state index in [0.717, 1.165) is 12.0 Å². The molecule has 0 amide bonds. The Hall–Kier alpha value is -0.830. The number of rotatable bonds is 6. The van der Waals surface area contributed by atoms with Crippen molar-refractivity contribution in [2.24, 2.45) is 5.41 Å². The first-order valence-electron chi connectivity index (χ1n) is 5.30. The highest BCUT2D eigenvalue weighted by atomic mass is 16.4. The molecule has 3 nitrogen and oxygen atoms in total. The Balaban J connectivity index is 4.54. The number of nitrogens with one attached hydrogen (secondary N) is 1. The van der Waals surface area contributed by atoms with Crippen LogP contribution in [0.25, 0.3) is 0 Å². The van der Waals surface area contributed by atoms with Crippen molar-refractivity contribution in [3.63, 3.8) is 0 Å². The van der Waals surface area contributed by atoms with Crippen molar-refractivity contribution in [1.82, 2.24) is 5.32 Å². The van der Waals surface area contributed by atoms with Gasteiger partial charge in [-0.3, -0.25) is 4.79 Å². The summed E-state index contributed by atoms with van der Waals surface area (Å²) >= 11 is 0. The number of hydrogen-bond donors (Lipinski definition) is 2. The second kappa shape index (κ2) is 4.79. The molecule has 88 valence electrons. The Morgan fingerprint density at radius 3 is 2.13 bits per heavy atom. The van der Waals surface area contributed by atoms with Crippen molar-refractivity contribution in [1.29, 1.82) is 0 Å². The largest absolute Gasteiger partial charge is 0.481 e. The molecular weight excluding hydrogens is 190 g/mol. The fourth-order valence-electron chi connectivity index (χ4n) is 0.959. The Labute approximate surface area is 92.6 Å². The highest BCUT2D eigenvalue weighted by Gasteiger charge is 2.42. The molecule has 0 aliphatic carbocycles. The summed E-state index contributed by atoms with van der Waals surface area (Å²) in [7, 11) is 0. The molecule has 15 heavy (non-hydrogen) atoms. The van der Waals surface area contributed by atoms with Gasteiger partial charge in [0.2, 0.25) is 0 Å². The summed E-state index contributed by atoms with van der Waals surface area (Å²) in [5, 5.41) is 12.4. The SMILES string of the molecule is C=C(CC)CNC(C)(C)C(C)(C)C(=O)O. The van der Waals surface area contributed by atoms with E-state index in [0.29, 0.717) is 6.54 Å². The first kappa shape index (κ1) is 14.2. The van der Waals surface area contributed by atoms with E-state index < -0.39 is 16.9 Å². The van der Waals surface area contributed by atoms with Crippen LogP contribution in [0.15, 0.2) is 12.2 Å². The maximum absolute atomic E-state index is 11.1. The Morgan fingerprint density at radius 1 is 1.33 bits per heavy atom. The molecule has 0 rings (SSSR count). The summed E-state index contributed by atoms with van der Waals surface area (Å²) in [5.41, 5.74) is -0.179. The van der Waals surface area contributed by atoms with E-state index in [-0.39, 0.29) is 0 Å². The van der Waals surface area contributed by atoms with Gasteiger partial charge in [0.25, 0.3) is 0 Å². The van der Waals surface area contributed by atoms with Crippen molar-refractivity contribution in [2.75, 3.05) is 6.54 Å². The minimum atomic E-state index is -0.805. The Kier molecular flexibility index (Phi) is 4.53. The van der Waals surface area contributed by atoms with E-state index in [1.54, 1.807) is 13.8 Å². The zero-order valence-corrected chi connectivity index (χ0v) is 10.5. The monoisotopic (exact) mass is 213 g/mol. The first-order chi connectivity index (χ1) is 6.65. The van der Waals surface area contributed by atoms with E-state index in [2.05, 4.69) is 11.9 Å². The van der Waals surface area contributed by atoms with Gasteiger partial charge in [-0.1, -0.05) is 19.1 Å². The lowest BCUT2D eigenvalue weighted by Crippen LogP contribution is -2.55. The lowest BCUT2D eigenvalue weighted by Gasteiger charge is -2.39. The van der Waals surface area contributed by atoms with Crippen molar-refractivity contribution in [3.8, 4) is 0 Å². The zero-order valence-electron chi connectivity index (χ0n) is 10.5. The van der Waals surface area contributed by atoms with Gasteiger partial charge in [-0.05, 0) is 34.1 Å².